The van der Waals surface area contributed by atoms with Crippen LogP contribution in [-0.4, -0.2) is 69.9 Å². The SMILES string of the molecule is CC(C)C1CCC(OC[C@H]2[C@@H](NS(C)(=O)=O)CCCN2C(=O)C2CNC2)CC1. The molecule has 0 bridgehead atoms. The number of nitrogens with zero attached hydrogens (tertiary/aromatic N) is 1. The van der Waals surface area contributed by atoms with E-state index < -0.39 is 10.0 Å². The molecule has 1 amide bonds. The van der Waals surface area contributed by atoms with Crippen LogP contribution in [0.4, 0.5) is 0 Å². The van der Waals surface area contributed by atoms with E-state index in [9.17, 15) is 13.2 Å². The van der Waals surface area contributed by atoms with Crippen molar-refractivity contribution < 1.29 is 17.9 Å². The third kappa shape index (κ3) is 5.68. The van der Waals surface area contributed by atoms with Crippen LogP contribution in [-0.2, 0) is 19.6 Å². The fourth-order valence-corrected chi connectivity index (χ4v) is 5.63. The number of amides is 1. The van der Waals surface area contributed by atoms with E-state index in [1.807, 2.05) is 4.90 Å². The summed E-state index contributed by atoms with van der Waals surface area (Å²) in [5, 5.41) is 3.15. The summed E-state index contributed by atoms with van der Waals surface area (Å²) in [4.78, 5) is 14.8. The van der Waals surface area contributed by atoms with E-state index in [1.54, 1.807) is 0 Å². The predicted molar refractivity (Wildman–Crippen MR) is 109 cm³/mol. The number of sulfonamides is 1. The first kappa shape index (κ1) is 22.0. The molecule has 2 aliphatic heterocycles. The Morgan fingerprint density at radius 2 is 1.86 bits per heavy atom. The van der Waals surface area contributed by atoms with Gasteiger partial charge in [-0.25, -0.2) is 13.1 Å². The number of piperidine rings is 1. The third-order valence-electron chi connectivity index (χ3n) is 6.72. The van der Waals surface area contributed by atoms with Crippen LogP contribution in [0.1, 0.15) is 52.4 Å². The predicted octanol–water partition coefficient (Wildman–Crippen LogP) is 1.35. The van der Waals surface area contributed by atoms with Crippen LogP contribution in [0.2, 0.25) is 0 Å². The molecule has 0 aromatic heterocycles. The van der Waals surface area contributed by atoms with Gasteiger partial charge in [-0.05, 0) is 50.4 Å². The first-order valence-corrected chi connectivity index (χ1v) is 12.7. The lowest BCUT2D eigenvalue weighted by Gasteiger charge is -2.44. The lowest BCUT2D eigenvalue weighted by atomic mass is 9.80. The van der Waals surface area contributed by atoms with Gasteiger partial charge in [0.2, 0.25) is 15.9 Å². The number of carbonyl (C=O) groups excluding carboxylic acids is 1. The molecule has 1 aliphatic carbocycles. The van der Waals surface area contributed by atoms with Crippen LogP contribution in [0.25, 0.3) is 0 Å². The number of hydrogen-bond acceptors (Lipinski definition) is 5. The highest BCUT2D eigenvalue weighted by molar-refractivity contribution is 7.88. The summed E-state index contributed by atoms with van der Waals surface area (Å²) in [5.74, 6) is 1.64. The Morgan fingerprint density at radius 1 is 1.18 bits per heavy atom. The molecular weight excluding hydrogens is 378 g/mol. The minimum atomic E-state index is -3.33. The molecule has 0 spiro atoms. The van der Waals surface area contributed by atoms with E-state index in [4.69, 9.17) is 4.74 Å². The van der Waals surface area contributed by atoms with Gasteiger partial charge in [-0.2, -0.15) is 0 Å². The number of carbonyl (C=O) groups is 1. The zero-order chi connectivity index (χ0) is 20.3. The van der Waals surface area contributed by atoms with Crippen molar-refractivity contribution in [1.82, 2.24) is 14.9 Å². The minimum absolute atomic E-state index is 0.0148. The van der Waals surface area contributed by atoms with Crippen molar-refractivity contribution in [3.05, 3.63) is 0 Å². The van der Waals surface area contributed by atoms with Crippen molar-refractivity contribution >= 4 is 15.9 Å². The minimum Gasteiger partial charge on any atom is -0.376 e. The van der Waals surface area contributed by atoms with Crippen molar-refractivity contribution in [2.75, 3.05) is 32.5 Å². The standard InChI is InChI=1S/C20H37N3O4S/c1-14(2)15-6-8-17(9-7-15)27-13-19-18(22-28(3,25)26)5-4-10-23(19)20(24)16-11-21-12-16/h14-19,21-22H,4-13H2,1-3H3/t15?,17?,18-,19-/m0/s1. The fourth-order valence-electron chi connectivity index (χ4n) is 4.80. The van der Waals surface area contributed by atoms with Crippen LogP contribution in [0, 0.1) is 17.8 Å². The highest BCUT2D eigenvalue weighted by atomic mass is 32.2. The molecule has 8 heteroatoms. The Kier molecular flexibility index (Phi) is 7.39. The smallest absolute Gasteiger partial charge is 0.228 e. The summed E-state index contributed by atoms with van der Waals surface area (Å²) in [6.45, 7) is 7.10. The van der Waals surface area contributed by atoms with Gasteiger partial charge in [0.1, 0.15) is 0 Å². The van der Waals surface area contributed by atoms with Gasteiger partial charge in [0.25, 0.3) is 0 Å². The number of hydrogen-bond donors (Lipinski definition) is 2. The van der Waals surface area contributed by atoms with E-state index in [1.165, 1.54) is 19.1 Å². The van der Waals surface area contributed by atoms with Crippen molar-refractivity contribution in [3.63, 3.8) is 0 Å². The summed E-state index contributed by atoms with van der Waals surface area (Å²) in [6, 6.07) is -0.493. The summed E-state index contributed by atoms with van der Waals surface area (Å²) in [6.07, 6.45) is 7.46. The van der Waals surface area contributed by atoms with Crippen molar-refractivity contribution in [1.29, 1.82) is 0 Å². The quantitative estimate of drug-likeness (QED) is 0.655. The van der Waals surface area contributed by atoms with Gasteiger partial charge in [-0.15, -0.1) is 0 Å². The molecular formula is C20H37N3O4S. The molecule has 2 N–H and O–H groups in total. The molecule has 3 fully saturated rings. The van der Waals surface area contributed by atoms with Gasteiger partial charge < -0.3 is 15.0 Å². The summed E-state index contributed by atoms with van der Waals surface area (Å²) < 4.78 is 32.7. The van der Waals surface area contributed by atoms with Crippen molar-refractivity contribution in [2.24, 2.45) is 17.8 Å². The van der Waals surface area contributed by atoms with Crippen LogP contribution in [0.3, 0.4) is 0 Å². The summed E-state index contributed by atoms with van der Waals surface area (Å²) in [5.41, 5.74) is 0. The van der Waals surface area contributed by atoms with Crippen LogP contribution < -0.4 is 10.0 Å². The lowest BCUT2D eigenvalue weighted by molar-refractivity contribution is -0.144. The maximum Gasteiger partial charge on any atom is 0.228 e. The zero-order valence-corrected chi connectivity index (χ0v) is 18.3. The van der Waals surface area contributed by atoms with E-state index in [-0.39, 0.29) is 30.0 Å². The Bertz CT molecular complexity index is 627. The monoisotopic (exact) mass is 415 g/mol. The van der Waals surface area contributed by atoms with Gasteiger partial charge in [0, 0.05) is 25.7 Å². The van der Waals surface area contributed by atoms with Gasteiger partial charge in [0.05, 0.1) is 30.9 Å². The van der Waals surface area contributed by atoms with Gasteiger partial charge in [-0.3, -0.25) is 4.79 Å². The second-order valence-corrected chi connectivity index (χ2v) is 11.0. The Hall–Kier alpha value is -0.700. The number of likely N-dealkylation sites (tertiary alicyclic amines) is 1. The van der Waals surface area contributed by atoms with Gasteiger partial charge in [0.15, 0.2) is 0 Å². The average molecular weight is 416 g/mol. The largest absolute Gasteiger partial charge is 0.376 e. The van der Waals surface area contributed by atoms with Crippen molar-refractivity contribution in [3.8, 4) is 0 Å². The maximum absolute atomic E-state index is 12.9. The Labute approximate surface area is 170 Å². The Balaban J connectivity index is 1.63. The molecule has 7 nitrogen and oxygen atoms in total. The molecule has 2 saturated heterocycles. The molecule has 0 aromatic rings. The molecule has 2 atom stereocenters. The highest BCUT2D eigenvalue weighted by Gasteiger charge is 2.40. The van der Waals surface area contributed by atoms with Crippen LogP contribution in [0.15, 0.2) is 0 Å². The molecule has 2 heterocycles. The highest BCUT2D eigenvalue weighted by Crippen LogP contribution is 2.32. The lowest BCUT2D eigenvalue weighted by Crippen LogP contribution is -2.62. The molecule has 0 radical (unpaired) electrons. The zero-order valence-electron chi connectivity index (χ0n) is 17.5. The molecule has 0 unspecified atom stereocenters. The van der Waals surface area contributed by atoms with E-state index in [0.717, 1.165) is 31.6 Å². The molecule has 28 heavy (non-hydrogen) atoms. The molecule has 162 valence electrons. The Morgan fingerprint density at radius 3 is 2.39 bits per heavy atom. The second kappa shape index (κ2) is 9.41. The normalized spacial score (nSPS) is 32.4. The van der Waals surface area contributed by atoms with Crippen molar-refractivity contribution in [2.45, 2.75) is 70.6 Å². The summed E-state index contributed by atoms with van der Waals surface area (Å²) in [7, 11) is -3.33. The molecule has 3 aliphatic rings. The van der Waals surface area contributed by atoms with Crippen LogP contribution in [0.5, 0.6) is 0 Å². The second-order valence-electron chi connectivity index (χ2n) is 9.21. The van der Waals surface area contributed by atoms with E-state index >= 15 is 0 Å². The summed E-state index contributed by atoms with van der Waals surface area (Å²) >= 11 is 0. The molecule has 0 aromatic carbocycles. The van der Waals surface area contributed by atoms with Gasteiger partial charge in [-0.1, -0.05) is 13.8 Å². The van der Waals surface area contributed by atoms with Crippen LogP contribution >= 0.6 is 0 Å². The first-order chi connectivity index (χ1) is 13.2. The third-order valence-corrected chi connectivity index (χ3v) is 7.45. The van der Waals surface area contributed by atoms with E-state index in [2.05, 4.69) is 23.9 Å². The topological polar surface area (TPSA) is 87.7 Å². The van der Waals surface area contributed by atoms with E-state index in [0.29, 0.717) is 32.2 Å². The molecule has 1 saturated carbocycles. The first-order valence-electron chi connectivity index (χ1n) is 10.8. The fraction of sp³-hybridized carbons (Fsp3) is 0.950. The number of nitrogens with one attached hydrogen (secondary N) is 2. The number of ether oxygens (including phenoxy) is 1. The molecule has 3 rings (SSSR count). The number of rotatable bonds is 7. The average Bonchev–Trinajstić information content (AvgIpc) is 2.58. The van der Waals surface area contributed by atoms with Gasteiger partial charge >= 0.3 is 0 Å². The maximum atomic E-state index is 12.9.